The van der Waals surface area contributed by atoms with Crippen LogP contribution in [0.3, 0.4) is 0 Å². The molecule has 2 nitrogen and oxygen atoms in total. The average Bonchev–Trinajstić information content (AvgIpc) is 2.81. The number of hydrogen-bond donors (Lipinski definition) is 0. The Morgan fingerprint density at radius 1 is 0.895 bits per heavy atom. The number of hydrogen-bond acceptors (Lipinski definition) is 2. The zero-order chi connectivity index (χ0) is 13.5. The summed E-state index contributed by atoms with van der Waals surface area (Å²) < 4.78 is 42.8. The topological polar surface area (TPSA) is 26.0 Å². The lowest BCUT2D eigenvalue weighted by atomic mass is 10.1. The molecular formula is C14H8F3NO. The van der Waals surface area contributed by atoms with E-state index in [9.17, 15) is 13.2 Å². The molecule has 0 N–H and O–H groups in total. The molecule has 3 aromatic rings. The molecule has 0 aliphatic rings. The largest absolute Gasteiger partial charge is 0.436 e. The third-order valence-electron chi connectivity index (χ3n) is 2.75. The van der Waals surface area contributed by atoms with E-state index >= 15 is 0 Å². The summed E-state index contributed by atoms with van der Waals surface area (Å²) >= 11 is 0. The van der Waals surface area contributed by atoms with Crippen LogP contribution in [-0.4, -0.2) is 4.98 Å². The van der Waals surface area contributed by atoms with Crippen LogP contribution in [0.15, 0.2) is 52.9 Å². The average molecular weight is 263 g/mol. The predicted molar refractivity (Wildman–Crippen MR) is 64.4 cm³/mol. The lowest BCUT2D eigenvalue weighted by molar-refractivity contribution is -0.137. The Bertz CT molecular complexity index is 680. The quantitative estimate of drug-likeness (QED) is 0.645. The van der Waals surface area contributed by atoms with E-state index in [-0.39, 0.29) is 0 Å². The molecular weight excluding hydrogens is 255 g/mol. The zero-order valence-electron chi connectivity index (χ0n) is 9.61. The number of para-hydroxylation sites is 2. The number of aromatic nitrogens is 1. The summed E-state index contributed by atoms with van der Waals surface area (Å²) in [5.74, 6) is 0.315. The predicted octanol–water partition coefficient (Wildman–Crippen LogP) is 4.51. The summed E-state index contributed by atoms with van der Waals surface area (Å²) in [6, 6.07) is 11.9. The van der Waals surface area contributed by atoms with E-state index in [2.05, 4.69) is 4.98 Å². The summed E-state index contributed by atoms with van der Waals surface area (Å²) in [5, 5.41) is 0. The third-order valence-corrected chi connectivity index (χ3v) is 2.75. The Morgan fingerprint density at radius 3 is 2.21 bits per heavy atom. The Hall–Kier alpha value is -2.30. The van der Waals surface area contributed by atoms with Crippen LogP contribution in [0, 0.1) is 0 Å². The van der Waals surface area contributed by atoms with Gasteiger partial charge in [0.1, 0.15) is 5.52 Å². The van der Waals surface area contributed by atoms with Crippen molar-refractivity contribution in [1.82, 2.24) is 4.98 Å². The molecule has 0 bridgehead atoms. The first-order valence-electron chi connectivity index (χ1n) is 5.57. The molecule has 0 unspecified atom stereocenters. The van der Waals surface area contributed by atoms with Crippen LogP contribution in [0.4, 0.5) is 13.2 Å². The lowest BCUT2D eigenvalue weighted by Gasteiger charge is -2.05. The van der Waals surface area contributed by atoms with Crippen molar-refractivity contribution in [2.24, 2.45) is 0 Å². The first-order chi connectivity index (χ1) is 9.04. The zero-order valence-corrected chi connectivity index (χ0v) is 9.61. The summed E-state index contributed by atoms with van der Waals surface area (Å²) in [4.78, 5) is 4.23. The fourth-order valence-corrected chi connectivity index (χ4v) is 1.80. The Kier molecular flexibility index (Phi) is 2.55. The minimum atomic E-state index is -4.33. The van der Waals surface area contributed by atoms with Crippen molar-refractivity contribution in [2.45, 2.75) is 6.18 Å². The second kappa shape index (κ2) is 4.12. The van der Waals surface area contributed by atoms with E-state index in [1.54, 1.807) is 12.1 Å². The third kappa shape index (κ3) is 2.19. The van der Waals surface area contributed by atoms with Crippen molar-refractivity contribution in [1.29, 1.82) is 0 Å². The minimum Gasteiger partial charge on any atom is -0.436 e. The van der Waals surface area contributed by atoms with Crippen molar-refractivity contribution in [3.63, 3.8) is 0 Å². The molecule has 0 aliphatic carbocycles. The smallest absolute Gasteiger partial charge is 0.416 e. The van der Waals surface area contributed by atoms with E-state index in [0.29, 0.717) is 22.6 Å². The summed E-state index contributed by atoms with van der Waals surface area (Å²) in [7, 11) is 0. The number of halogens is 3. The van der Waals surface area contributed by atoms with Crippen LogP contribution in [0.5, 0.6) is 0 Å². The van der Waals surface area contributed by atoms with E-state index in [0.717, 1.165) is 12.1 Å². The van der Waals surface area contributed by atoms with Gasteiger partial charge in [-0.3, -0.25) is 0 Å². The highest BCUT2D eigenvalue weighted by Crippen LogP contribution is 2.31. The van der Waals surface area contributed by atoms with Crippen LogP contribution >= 0.6 is 0 Å². The van der Waals surface area contributed by atoms with E-state index in [4.69, 9.17) is 4.42 Å². The standard InChI is InChI=1S/C14H8F3NO/c15-14(16,17)10-7-5-9(6-8-10)13-18-11-3-1-2-4-12(11)19-13/h1-8H. The van der Waals surface area contributed by atoms with Crippen molar-refractivity contribution in [3.05, 3.63) is 54.1 Å². The van der Waals surface area contributed by atoms with Crippen LogP contribution in [-0.2, 0) is 6.18 Å². The van der Waals surface area contributed by atoms with Crippen LogP contribution in [0.25, 0.3) is 22.6 Å². The van der Waals surface area contributed by atoms with Gasteiger partial charge in [0.25, 0.3) is 0 Å². The minimum absolute atomic E-state index is 0.315. The highest BCUT2D eigenvalue weighted by atomic mass is 19.4. The van der Waals surface area contributed by atoms with E-state index in [1.807, 2.05) is 12.1 Å². The van der Waals surface area contributed by atoms with Gasteiger partial charge in [0.2, 0.25) is 5.89 Å². The highest BCUT2D eigenvalue weighted by molar-refractivity contribution is 5.75. The molecule has 1 heterocycles. The van der Waals surface area contributed by atoms with Crippen molar-refractivity contribution in [3.8, 4) is 11.5 Å². The van der Waals surface area contributed by atoms with Crippen molar-refractivity contribution >= 4 is 11.1 Å². The monoisotopic (exact) mass is 263 g/mol. The molecule has 0 saturated heterocycles. The molecule has 0 fully saturated rings. The molecule has 19 heavy (non-hydrogen) atoms. The number of rotatable bonds is 1. The van der Waals surface area contributed by atoms with Gasteiger partial charge in [-0.15, -0.1) is 0 Å². The van der Waals surface area contributed by atoms with Crippen LogP contribution < -0.4 is 0 Å². The van der Waals surface area contributed by atoms with Gasteiger partial charge in [-0.2, -0.15) is 13.2 Å². The fourth-order valence-electron chi connectivity index (χ4n) is 1.80. The van der Waals surface area contributed by atoms with Crippen molar-refractivity contribution in [2.75, 3.05) is 0 Å². The number of oxazole rings is 1. The molecule has 1 aromatic heterocycles. The molecule has 0 spiro atoms. The van der Waals surface area contributed by atoms with Gasteiger partial charge in [-0.1, -0.05) is 12.1 Å². The number of alkyl halides is 3. The van der Waals surface area contributed by atoms with Gasteiger partial charge in [-0.25, -0.2) is 4.98 Å². The molecule has 3 rings (SSSR count). The van der Waals surface area contributed by atoms with Gasteiger partial charge in [-0.05, 0) is 36.4 Å². The highest BCUT2D eigenvalue weighted by Gasteiger charge is 2.30. The number of nitrogens with zero attached hydrogens (tertiary/aromatic N) is 1. The first-order valence-corrected chi connectivity index (χ1v) is 5.57. The molecule has 0 saturated carbocycles. The van der Waals surface area contributed by atoms with Crippen molar-refractivity contribution < 1.29 is 17.6 Å². The van der Waals surface area contributed by atoms with Gasteiger partial charge in [0.15, 0.2) is 5.58 Å². The Balaban J connectivity index is 2.02. The van der Waals surface area contributed by atoms with E-state index in [1.165, 1.54) is 12.1 Å². The summed E-state index contributed by atoms with van der Waals surface area (Å²) in [6.07, 6.45) is -4.33. The van der Waals surface area contributed by atoms with Crippen LogP contribution in [0.1, 0.15) is 5.56 Å². The van der Waals surface area contributed by atoms with Crippen LogP contribution in [0.2, 0.25) is 0 Å². The summed E-state index contributed by atoms with van der Waals surface area (Å²) in [5.41, 5.74) is 1.12. The maximum Gasteiger partial charge on any atom is 0.416 e. The summed E-state index contributed by atoms with van der Waals surface area (Å²) in [6.45, 7) is 0. The molecule has 0 radical (unpaired) electrons. The van der Waals surface area contributed by atoms with E-state index < -0.39 is 11.7 Å². The molecule has 2 aromatic carbocycles. The molecule has 0 atom stereocenters. The Morgan fingerprint density at radius 2 is 1.58 bits per heavy atom. The van der Waals surface area contributed by atoms with Gasteiger partial charge >= 0.3 is 6.18 Å². The maximum atomic E-state index is 12.5. The maximum absolute atomic E-state index is 12.5. The Labute approximate surface area is 106 Å². The van der Waals surface area contributed by atoms with Gasteiger partial charge in [0.05, 0.1) is 5.56 Å². The second-order valence-electron chi connectivity index (χ2n) is 4.06. The second-order valence-corrected chi connectivity index (χ2v) is 4.06. The SMILES string of the molecule is FC(F)(F)c1ccc(-c2nc3ccccc3o2)cc1. The lowest BCUT2D eigenvalue weighted by Crippen LogP contribution is -2.03. The molecule has 0 amide bonds. The molecule has 0 aliphatic heterocycles. The first kappa shape index (κ1) is 11.8. The molecule has 5 heteroatoms. The normalized spacial score (nSPS) is 11.9. The fraction of sp³-hybridized carbons (Fsp3) is 0.0714. The van der Waals surface area contributed by atoms with Gasteiger partial charge in [0, 0.05) is 5.56 Å². The number of benzene rings is 2. The molecule has 96 valence electrons. The van der Waals surface area contributed by atoms with Gasteiger partial charge < -0.3 is 4.42 Å². The number of fused-ring (bicyclic) bond motifs is 1.